The monoisotopic (exact) mass is 270 g/mol. The van der Waals surface area contributed by atoms with Gasteiger partial charge in [0.2, 0.25) is 5.91 Å². The molecule has 0 spiro atoms. The van der Waals surface area contributed by atoms with Gasteiger partial charge in [-0.25, -0.2) is 0 Å². The lowest BCUT2D eigenvalue weighted by Crippen LogP contribution is -2.29. The molecule has 1 amide bonds. The Hall–Kier alpha value is -0.610. The van der Waals surface area contributed by atoms with Crippen LogP contribution in [-0.2, 0) is 9.53 Å². The molecule has 0 saturated carbocycles. The Labute approximate surface area is 117 Å². The van der Waals surface area contributed by atoms with E-state index in [0.717, 1.165) is 51.8 Å². The van der Waals surface area contributed by atoms with E-state index in [-0.39, 0.29) is 5.91 Å². The van der Waals surface area contributed by atoms with Gasteiger partial charge in [0.1, 0.15) is 0 Å². The molecule has 1 aliphatic heterocycles. The largest absolute Gasteiger partial charge is 0.378 e. The van der Waals surface area contributed by atoms with Gasteiger partial charge < -0.3 is 15.8 Å². The summed E-state index contributed by atoms with van der Waals surface area (Å²) in [5.74, 6) is 0.767. The van der Waals surface area contributed by atoms with Crippen LogP contribution in [0.4, 0.5) is 0 Å². The van der Waals surface area contributed by atoms with Crippen molar-refractivity contribution < 1.29 is 9.53 Å². The van der Waals surface area contributed by atoms with Gasteiger partial charge in [-0.3, -0.25) is 4.79 Å². The van der Waals surface area contributed by atoms with Crippen LogP contribution in [0.15, 0.2) is 0 Å². The maximum absolute atomic E-state index is 11.7. The molecule has 1 heterocycles. The van der Waals surface area contributed by atoms with Gasteiger partial charge in [0, 0.05) is 19.6 Å². The zero-order valence-corrected chi connectivity index (χ0v) is 12.3. The molecular weight excluding hydrogens is 240 g/mol. The molecule has 19 heavy (non-hydrogen) atoms. The first kappa shape index (κ1) is 16.4. The third kappa shape index (κ3) is 7.53. The molecule has 1 aliphatic rings. The predicted octanol–water partition coefficient (Wildman–Crippen LogP) is 2.22. The molecule has 1 fully saturated rings. The van der Waals surface area contributed by atoms with Gasteiger partial charge in [-0.15, -0.1) is 0 Å². The van der Waals surface area contributed by atoms with E-state index in [0.29, 0.717) is 18.4 Å². The molecule has 1 saturated heterocycles. The number of carbonyl (C=O) groups is 1. The van der Waals surface area contributed by atoms with Crippen molar-refractivity contribution in [1.29, 1.82) is 0 Å². The summed E-state index contributed by atoms with van der Waals surface area (Å²) >= 11 is 0. The lowest BCUT2D eigenvalue weighted by atomic mass is 9.96. The number of carbonyl (C=O) groups excluding carboxylic acids is 1. The molecule has 2 unspecified atom stereocenters. The summed E-state index contributed by atoms with van der Waals surface area (Å²) in [5.41, 5.74) is 5.56. The van der Waals surface area contributed by atoms with E-state index in [1.807, 2.05) is 0 Å². The number of nitrogens with one attached hydrogen (secondary N) is 1. The fourth-order valence-electron chi connectivity index (χ4n) is 2.62. The summed E-state index contributed by atoms with van der Waals surface area (Å²) in [6.45, 7) is 4.52. The van der Waals surface area contributed by atoms with Crippen LogP contribution < -0.4 is 11.1 Å². The molecule has 3 N–H and O–H groups in total. The highest BCUT2D eigenvalue weighted by atomic mass is 16.5. The Kier molecular flexibility index (Phi) is 8.84. The predicted molar refractivity (Wildman–Crippen MR) is 77.9 cm³/mol. The second-order valence-corrected chi connectivity index (χ2v) is 5.52. The van der Waals surface area contributed by atoms with Crippen molar-refractivity contribution in [2.75, 3.05) is 19.7 Å². The van der Waals surface area contributed by atoms with Crippen LogP contribution >= 0.6 is 0 Å². The van der Waals surface area contributed by atoms with Crippen molar-refractivity contribution in [2.45, 2.75) is 64.4 Å². The van der Waals surface area contributed by atoms with Crippen molar-refractivity contribution in [3.63, 3.8) is 0 Å². The van der Waals surface area contributed by atoms with Crippen LogP contribution in [0.2, 0.25) is 0 Å². The Bertz CT molecular complexity index is 240. The number of rotatable bonds is 9. The minimum atomic E-state index is 0.172. The summed E-state index contributed by atoms with van der Waals surface area (Å²) in [6, 6.07) is 0. The first-order chi connectivity index (χ1) is 9.26. The zero-order valence-electron chi connectivity index (χ0n) is 12.3. The van der Waals surface area contributed by atoms with Crippen molar-refractivity contribution in [3.8, 4) is 0 Å². The smallest absolute Gasteiger partial charge is 0.220 e. The summed E-state index contributed by atoms with van der Waals surface area (Å²) in [4.78, 5) is 11.7. The van der Waals surface area contributed by atoms with E-state index >= 15 is 0 Å². The lowest BCUT2D eigenvalue weighted by molar-refractivity contribution is -0.121. The van der Waals surface area contributed by atoms with E-state index < -0.39 is 0 Å². The average molecular weight is 270 g/mol. The molecule has 0 aromatic heterocycles. The summed E-state index contributed by atoms with van der Waals surface area (Å²) < 4.78 is 5.64. The summed E-state index contributed by atoms with van der Waals surface area (Å²) in [5, 5.41) is 3.00. The Balaban J connectivity index is 2.03. The molecule has 0 bridgehead atoms. The van der Waals surface area contributed by atoms with Crippen molar-refractivity contribution >= 4 is 5.91 Å². The second-order valence-electron chi connectivity index (χ2n) is 5.52. The second kappa shape index (κ2) is 10.2. The van der Waals surface area contributed by atoms with Gasteiger partial charge >= 0.3 is 0 Å². The SMILES string of the molecule is CCC(CCN)CCC(=O)NCCC1CCCCO1. The van der Waals surface area contributed by atoms with Crippen molar-refractivity contribution in [1.82, 2.24) is 5.32 Å². The first-order valence-corrected chi connectivity index (χ1v) is 7.84. The highest BCUT2D eigenvalue weighted by molar-refractivity contribution is 5.75. The highest BCUT2D eigenvalue weighted by Crippen LogP contribution is 2.16. The molecule has 112 valence electrons. The minimum absolute atomic E-state index is 0.172. The van der Waals surface area contributed by atoms with Crippen LogP contribution in [0.3, 0.4) is 0 Å². The number of ether oxygens (including phenoxy) is 1. The van der Waals surface area contributed by atoms with E-state index in [9.17, 15) is 4.79 Å². The molecule has 2 atom stereocenters. The summed E-state index contributed by atoms with van der Waals surface area (Å²) in [6.07, 6.45) is 8.62. The van der Waals surface area contributed by atoms with Gasteiger partial charge in [0.05, 0.1) is 6.10 Å². The van der Waals surface area contributed by atoms with Crippen LogP contribution in [-0.4, -0.2) is 31.7 Å². The van der Waals surface area contributed by atoms with Gasteiger partial charge in [0.25, 0.3) is 0 Å². The van der Waals surface area contributed by atoms with Crippen LogP contribution in [0, 0.1) is 5.92 Å². The normalized spacial score (nSPS) is 21.1. The Morgan fingerprint density at radius 3 is 2.89 bits per heavy atom. The molecule has 0 aromatic carbocycles. The zero-order chi connectivity index (χ0) is 13.9. The van der Waals surface area contributed by atoms with Crippen molar-refractivity contribution in [2.24, 2.45) is 11.7 Å². The topological polar surface area (TPSA) is 64.4 Å². The number of nitrogens with two attached hydrogens (primary N) is 1. The lowest BCUT2D eigenvalue weighted by Gasteiger charge is -2.22. The Morgan fingerprint density at radius 1 is 1.42 bits per heavy atom. The van der Waals surface area contributed by atoms with Gasteiger partial charge in [0.15, 0.2) is 0 Å². The molecule has 0 aromatic rings. The van der Waals surface area contributed by atoms with Crippen LogP contribution in [0.1, 0.15) is 58.3 Å². The van der Waals surface area contributed by atoms with E-state index in [4.69, 9.17) is 10.5 Å². The Morgan fingerprint density at radius 2 is 2.26 bits per heavy atom. The fourth-order valence-corrected chi connectivity index (χ4v) is 2.62. The standard InChI is InChI=1S/C15H30N2O2/c1-2-13(8-10-16)6-7-15(18)17-11-9-14-5-3-4-12-19-14/h13-14H,2-12,16H2,1H3,(H,17,18). The maximum Gasteiger partial charge on any atom is 0.220 e. The van der Waals surface area contributed by atoms with Crippen molar-refractivity contribution in [3.05, 3.63) is 0 Å². The third-order valence-electron chi connectivity index (χ3n) is 3.99. The first-order valence-electron chi connectivity index (χ1n) is 7.84. The van der Waals surface area contributed by atoms with Crippen LogP contribution in [0.25, 0.3) is 0 Å². The maximum atomic E-state index is 11.7. The van der Waals surface area contributed by atoms with Gasteiger partial charge in [-0.2, -0.15) is 0 Å². The molecule has 1 rings (SSSR count). The van der Waals surface area contributed by atoms with Gasteiger partial charge in [-0.05, 0) is 51.0 Å². The highest BCUT2D eigenvalue weighted by Gasteiger charge is 2.14. The number of amides is 1. The molecule has 4 nitrogen and oxygen atoms in total. The minimum Gasteiger partial charge on any atom is -0.378 e. The number of hydrogen-bond acceptors (Lipinski definition) is 3. The third-order valence-corrected chi connectivity index (χ3v) is 3.99. The van der Waals surface area contributed by atoms with E-state index in [1.165, 1.54) is 12.8 Å². The van der Waals surface area contributed by atoms with Crippen LogP contribution in [0.5, 0.6) is 0 Å². The molecule has 0 radical (unpaired) electrons. The molecule has 4 heteroatoms. The fraction of sp³-hybridized carbons (Fsp3) is 0.933. The average Bonchev–Trinajstić information content (AvgIpc) is 2.44. The number of hydrogen-bond donors (Lipinski definition) is 2. The van der Waals surface area contributed by atoms with E-state index in [2.05, 4.69) is 12.2 Å². The molecule has 0 aliphatic carbocycles. The summed E-state index contributed by atoms with van der Waals surface area (Å²) in [7, 11) is 0. The quantitative estimate of drug-likeness (QED) is 0.675. The van der Waals surface area contributed by atoms with E-state index in [1.54, 1.807) is 0 Å². The van der Waals surface area contributed by atoms with Gasteiger partial charge in [-0.1, -0.05) is 13.3 Å². The molecular formula is C15H30N2O2.